The number of nitrogens with one attached hydrogen (secondary N) is 1. The van der Waals surface area contributed by atoms with Gasteiger partial charge in [-0.2, -0.15) is 5.10 Å². The van der Waals surface area contributed by atoms with Gasteiger partial charge in [-0.1, -0.05) is 35.3 Å². The van der Waals surface area contributed by atoms with Crippen LogP contribution < -0.4 is 14.5 Å². The predicted octanol–water partition coefficient (Wildman–Crippen LogP) is 4.74. The molecule has 0 unspecified atom stereocenters. The summed E-state index contributed by atoms with van der Waals surface area (Å²) in [6, 6.07) is 19.0. The molecule has 0 aliphatic heterocycles. The fourth-order valence-electron chi connectivity index (χ4n) is 2.82. The fourth-order valence-corrected chi connectivity index (χ4v) is 4.49. The minimum absolute atomic E-state index is 0.00162. The third-order valence-electron chi connectivity index (χ3n) is 4.40. The highest BCUT2D eigenvalue weighted by Gasteiger charge is 2.27. The summed E-state index contributed by atoms with van der Waals surface area (Å²) >= 11 is 11.7. The van der Waals surface area contributed by atoms with Crippen LogP contribution in [0.5, 0.6) is 5.75 Å². The van der Waals surface area contributed by atoms with Crippen molar-refractivity contribution in [2.24, 2.45) is 5.10 Å². The smallest absolute Gasteiger partial charge is 0.264 e. The average molecular weight is 506 g/mol. The van der Waals surface area contributed by atoms with Crippen molar-refractivity contribution >= 4 is 51.0 Å². The zero-order chi connectivity index (χ0) is 23.8. The van der Waals surface area contributed by atoms with Crippen LogP contribution in [0.2, 0.25) is 10.0 Å². The summed E-state index contributed by atoms with van der Waals surface area (Å²) in [7, 11) is -4.07. The molecule has 3 aromatic rings. The predicted molar refractivity (Wildman–Crippen MR) is 131 cm³/mol. The highest BCUT2D eigenvalue weighted by atomic mass is 35.5. The molecule has 0 aliphatic rings. The van der Waals surface area contributed by atoms with Crippen LogP contribution in [0.3, 0.4) is 0 Å². The molecule has 7 nitrogen and oxygen atoms in total. The number of ether oxygens (including phenoxy) is 1. The van der Waals surface area contributed by atoms with Crippen LogP contribution in [0.25, 0.3) is 0 Å². The van der Waals surface area contributed by atoms with E-state index in [1.165, 1.54) is 30.5 Å². The van der Waals surface area contributed by atoms with Crippen LogP contribution >= 0.6 is 23.2 Å². The first-order valence-electron chi connectivity index (χ1n) is 9.88. The number of rotatable bonds is 9. The van der Waals surface area contributed by atoms with Gasteiger partial charge in [0.25, 0.3) is 15.9 Å². The van der Waals surface area contributed by atoms with Crippen LogP contribution in [-0.4, -0.2) is 33.7 Å². The summed E-state index contributed by atoms with van der Waals surface area (Å²) in [6.07, 6.45) is 1.43. The lowest BCUT2D eigenvalue weighted by Gasteiger charge is -2.24. The van der Waals surface area contributed by atoms with Gasteiger partial charge in [-0.15, -0.1) is 0 Å². The maximum absolute atomic E-state index is 13.3. The molecule has 0 bridgehead atoms. The molecule has 10 heteroatoms. The highest BCUT2D eigenvalue weighted by Crippen LogP contribution is 2.26. The van der Waals surface area contributed by atoms with Crippen molar-refractivity contribution < 1.29 is 17.9 Å². The van der Waals surface area contributed by atoms with E-state index in [4.69, 9.17) is 27.9 Å². The molecule has 0 atom stereocenters. The lowest BCUT2D eigenvalue weighted by Crippen LogP contribution is -2.39. The molecule has 0 aliphatic carbocycles. The van der Waals surface area contributed by atoms with Crippen molar-refractivity contribution in [3.05, 3.63) is 88.4 Å². The van der Waals surface area contributed by atoms with Gasteiger partial charge in [0.15, 0.2) is 0 Å². The number of amides is 1. The van der Waals surface area contributed by atoms with Crippen molar-refractivity contribution in [1.82, 2.24) is 5.43 Å². The van der Waals surface area contributed by atoms with E-state index in [9.17, 15) is 13.2 Å². The summed E-state index contributed by atoms with van der Waals surface area (Å²) in [5, 5.41) is 4.87. The van der Waals surface area contributed by atoms with Crippen LogP contribution in [0, 0.1) is 0 Å². The van der Waals surface area contributed by atoms with Crippen molar-refractivity contribution in [1.29, 1.82) is 0 Å². The molecule has 0 fully saturated rings. The molecule has 0 radical (unpaired) electrons. The maximum atomic E-state index is 13.3. The Bertz CT molecular complexity index is 1210. The number of benzene rings is 3. The molecule has 172 valence electrons. The van der Waals surface area contributed by atoms with E-state index in [0.29, 0.717) is 28.1 Å². The molecule has 0 aromatic heterocycles. The van der Waals surface area contributed by atoms with Gasteiger partial charge < -0.3 is 4.74 Å². The Morgan fingerprint density at radius 1 is 0.970 bits per heavy atom. The zero-order valence-electron chi connectivity index (χ0n) is 17.6. The van der Waals surface area contributed by atoms with Gasteiger partial charge in [0.05, 0.1) is 23.4 Å². The molecule has 1 amide bonds. The normalized spacial score (nSPS) is 11.4. The number of halogens is 2. The van der Waals surface area contributed by atoms with Gasteiger partial charge in [0.2, 0.25) is 0 Å². The van der Waals surface area contributed by atoms with E-state index < -0.39 is 22.5 Å². The van der Waals surface area contributed by atoms with Gasteiger partial charge >= 0.3 is 0 Å². The number of carbonyl (C=O) groups is 1. The van der Waals surface area contributed by atoms with Crippen LogP contribution in [0.15, 0.2) is 82.8 Å². The topological polar surface area (TPSA) is 88.1 Å². The van der Waals surface area contributed by atoms with Crippen molar-refractivity contribution in [2.45, 2.75) is 11.8 Å². The molecule has 0 spiro atoms. The molecule has 3 rings (SSSR count). The van der Waals surface area contributed by atoms with E-state index in [1.807, 2.05) is 6.92 Å². The second-order valence-electron chi connectivity index (χ2n) is 6.74. The number of nitrogens with zero attached hydrogens (tertiary/aromatic N) is 2. The molecule has 33 heavy (non-hydrogen) atoms. The minimum Gasteiger partial charge on any atom is -0.494 e. The molecule has 0 saturated carbocycles. The van der Waals surface area contributed by atoms with Gasteiger partial charge in [-0.3, -0.25) is 9.10 Å². The van der Waals surface area contributed by atoms with Gasteiger partial charge in [-0.05, 0) is 73.2 Å². The number of hydrazone groups is 1. The summed E-state index contributed by atoms with van der Waals surface area (Å²) in [5.41, 5.74) is 3.37. The Morgan fingerprint density at radius 3 is 2.12 bits per heavy atom. The van der Waals surface area contributed by atoms with Crippen molar-refractivity contribution in [3.63, 3.8) is 0 Å². The van der Waals surface area contributed by atoms with Crippen LogP contribution in [0.1, 0.15) is 12.5 Å². The Hall–Kier alpha value is -3.07. The Morgan fingerprint density at radius 2 is 1.55 bits per heavy atom. The van der Waals surface area contributed by atoms with Crippen LogP contribution in [-0.2, 0) is 14.8 Å². The number of sulfonamides is 1. The summed E-state index contributed by atoms with van der Waals surface area (Å²) < 4.78 is 33.1. The zero-order valence-corrected chi connectivity index (χ0v) is 19.9. The highest BCUT2D eigenvalue weighted by molar-refractivity contribution is 7.92. The largest absolute Gasteiger partial charge is 0.494 e. The molecule has 0 saturated heterocycles. The second-order valence-corrected chi connectivity index (χ2v) is 9.47. The van der Waals surface area contributed by atoms with E-state index in [1.54, 1.807) is 48.5 Å². The minimum atomic E-state index is -4.07. The first-order chi connectivity index (χ1) is 15.8. The molecular weight excluding hydrogens is 485 g/mol. The molecule has 0 heterocycles. The van der Waals surface area contributed by atoms with E-state index in [-0.39, 0.29) is 4.90 Å². The molecule has 1 N–H and O–H groups in total. The molecule has 3 aromatic carbocycles. The third-order valence-corrected chi connectivity index (χ3v) is 6.69. The Kier molecular flexibility index (Phi) is 8.32. The Labute approximate surface area is 202 Å². The van der Waals surface area contributed by atoms with Gasteiger partial charge in [0.1, 0.15) is 12.3 Å². The summed E-state index contributed by atoms with van der Waals surface area (Å²) in [4.78, 5) is 12.6. The third kappa shape index (κ3) is 6.71. The Balaban J connectivity index is 1.83. The monoisotopic (exact) mass is 505 g/mol. The molecular formula is C23H21Cl2N3O4S. The SMILES string of the molecule is CCOc1ccc(N(CC(=O)N/N=C\c2ccc(Cl)cc2)S(=O)(=O)c2ccc(Cl)cc2)cc1. The van der Waals surface area contributed by atoms with E-state index >= 15 is 0 Å². The lowest BCUT2D eigenvalue weighted by atomic mass is 10.2. The summed E-state index contributed by atoms with van der Waals surface area (Å²) in [5.74, 6) is -0.0336. The summed E-state index contributed by atoms with van der Waals surface area (Å²) in [6.45, 7) is 1.83. The standard InChI is InChI=1S/C23H21Cl2N3O4S/c1-2-32-21-11-9-20(10-12-21)28(33(30,31)22-13-7-19(25)8-14-22)16-23(29)27-26-15-17-3-5-18(24)6-4-17/h3-15H,2,16H2,1H3,(H,27,29)/b26-15-. The van der Waals surface area contributed by atoms with Crippen LogP contribution in [0.4, 0.5) is 5.69 Å². The number of hydrogen-bond donors (Lipinski definition) is 1. The number of anilines is 1. The van der Waals surface area contributed by atoms with Gasteiger partial charge in [0, 0.05) is 10.0 Å². The quantitative estimate of drug-likeness (QED) is 0.336. The first kappa shape index (κ1) is 24.6. The second kappa shape index (κ2) is 11.2. The van der Waals surface area contributed by atoms with Gasteiger partial charge in [-0.25, -0.2) is 13.8 Å². The fraction of sp³-hybridized carbons (Fsp3) is 0.130. The first-order valence-corrected chi connectivity index (χ1v) is 12.1. The maximum Gasteiger partial charge on any atom is 0.264 e. The average Bonchev–Trinajstić information content (AvgIpc) is 2.80. The van der Waals surface area contributed by atoms with Crippen molar-refractivity contribution in [3.8, 4) is 5.75 Å². The lowest BCUT2D eigenvalue weighted by molar-refractivity contribution is -0.119. The van der Waals surface area contributed by atoms with Crippen molar-refractivity contribution in [2.75, 3.05) is 17.5 Å². The number of hydrogen-bond acceptors (Lipinski definition) is 5. The number of carbonyl (C=O) groups excluding carboxylic acids is 1. The van der Waals surface area contributed by atoms with E-state index in [0.717, 1.165) is 9.87 Å². The van der Waals surface area contributed by atoms with E-state index in [2.05, 4.69) is 10.5 Å².